The van der Waals surface area contributed by atoms with Crippen LogP contribution in [0.2, 0.25) is 0 Å². The molecule has 3 heterocycles. The molecule has 1 fully saturated rings. The Morgan fingerprint density at radius 1 is 1.30 bits per heavy atom. The standard InChI is InChI=1S/C17H21N3O3/c21-17(15-3-6-22-12-15)20-8-14(11-23-10-13-1-2-13)7-19-5-4-18-16(19)9-20/h3-6,12-14H,1-2,7-11H2/t14-/m1/s1. The van der Waals surface area contributed by atoms with Crippen LogP contribution in [0.4, 0.5) is 0 Å². The lowest BCUT2D eigenvalue weighted by Crippen LogP contribution is -2.35. The Morgan fingerprint density at radius 3 is 2.96 bits per heavy atom. The van der Waals surface area contributed by atoms with Gasteiger partial charge in [0.1, 0.15) is 12.1 Å². The zero-order valence-electron chi connectivity index (χ0n) is 13.1. The highest BCUT2D eigenvalue weighted by Gasteiger charge is 2.28. The summed E-state index contributed by atoms with van der Waals surface area (Å²) in [7, 11) is 0. The maximum Gasteiger partial charge on any atom is 0.257 e. The van der Waals surface area contributed by atoms with Crippen LogP contribution >= 0.6 is 0 Å². The van der Waals surface area contributed by atoms with Crippen LogP contribution in [-0.4, -0.2) is 40.1 Å². The SMILES string of the molecule is O=C(c1ccoc1)N1Cc2nccn2C[C@@H](COCC2CC2)C1. The molecule has 1 aliphatic carbocycles. The summed E-state index contributed by atoms with van der Waals surface area (Å²) in [4.78, 5) is 18.9. The molecule has 6 nitrogen and oxygen atoms in total. The van der Waals surface area contributed by atoms with Crippen molar-refractivity contribution in [2.24, 2.45) is 11.8 Å². The van der Waals surface area contributed by atoms with Crippen molar-refractivity contribution in [1.29, 1.82) is 0 Å². The Labute approximate surface area is 135 Å². The molecule has 122 valence electrons. The monoisotopic (exact) mass is 315 g/mol. The molecule has 1 saturated carbocycles. The summed E-state index contributed by atoms with van der Waals surface area (Å²) in [6.07, 6.45) is 9.39. The number of aromatic nitrogens is 2. The van der Waals surface area contributed by atoms with Crippen molar-refractivity contribution in [2.75, 3.05) is 19.8 Å². The molecule has 2 aromatic rings. The minimum Gasteiger partial charge on any atom is -0.472 e. The maximum atomic E-state index is 12.7. The number of imidazole rings is 1. The molecule has 1 atom stereocenters. The molecule has 1 amide bonds. The molecule has 23 heavy (non-hydrogen) atoms. The lowest BCUT2D eigenvalue weighted by molar-refractivity contribution is 0.0571. The zero-order valence-corrected chi connectivity index (χ0v) is 13.1. The van der Waals surface area contributed by atoms with Crippen molar-refractivity contribution in [3.8, 4) is 0 Å². The van der Waals surface area contributed by atoms with Gasteiger partial charge in [-0.3, -0.25) is 4.79 Å². The molecule has 1 aliphatic heterocycles. The molecule has 0 bridgehead atoms. The van der Waals surface area contributed by atoms with Crippen LogP contribution in [0.1, 0.15) is 29.0 Å². The number of hydrogen-bond donors (Lipinski definition) is 0. The number of amides is 1. The highest BCUT2D eigenvalue weighted by atomic mass is 16.5. The number of nitrogens with zero attached hydrogens (tertiary/aromatic N) is 3. The second-order valence-electron chi connectivity index (χ2n) is 6.54. The Hall–Kier alpha value is -2.08. The minimum absolute atomic E-state index is 0.0117. The Balaban J connectivity index is 1.48. The van der Waals surface area contributed by atoms with Gasteiger partial charge in [-0.05, 0) is 24.8 Å². The molecule has 2 aromatic heterocycles. The molecule has 4 rings (SSSR count). The number of ether oxygens (including phenoxy) is 1. The number of furan rings is 1. The van der Waals surface area contributed by atoms with Gasteiger partial charge in [0.2, 0.25) is 0 Å². The fraction of sp³-hybridized carbons (Fsp3) is 0.529. The van der Waals surface area contributed by atoms with Gasteiger partial charge in [0.15, 0.2) is 0 Å². The van der Waals surface area contributed by atoms with E-state index < -0.39 is 0 Å². The largest absolute Gasteiger partial charge is 0.472 e. The average Bonchev–Trinajstić information content (AvgIpc) is 3.07. The van der Waals surface area contributed by atoms with Crippen molar-refractivity contribution in [3.63, 3.8) is 0 Å². The van der Waals surface area contributed by atoms with E-state index in [0.717, 1.165) is 24.9 Å². The van der Waals surface area contributed by atoms with Gasteiger partial charge in [0, 0.05) is 38.0 Å². The van der Waals surface area contributed by atoms with Gasteiger partial charge in [0.05, 0.1) is 25.0 Å². The maximum absolute atomic E-state index is 12.7. The third-order valence-corrected chi connectivity index (χ3v) is 4.53. The molecule has 0 aromatic carbocycles. The van der Waals surface area contributed by atoms with Gasteiger partial charge in [-0.15, -0.1) is 0 Å². The third kappa shape index (κ3) is 3.32. The van der Waals surface area contributed by atoms with Gasteiger partial charge in [0.25, 0.3) is 5.91 Å². The van der Waals surface area contributed by atoms with Crippen molar-refractivity contribution in [2.45, 2.75) is 25.9 Å². The van der Waals surface area contributed by atoms with Gasteiger partial charge in [-0.2, -0.15) is 0 Å². The fourth-order valence-corrected chi connectivity index (χ4v) is 3.06. The van der Waals surface area contributed by atoms with Gasteiger partial charge < -0.3 is 18.6 Å². The first-order valence-electron chi connectivity index (χ1n) is 8.19. The van der Waals surface area contributed by atoms with Gasteiger partial charge in [-0.25, -0.2) is 4.98 Å². The summed E-state index contributed by atoms with van der Waals surface area (Å²) in [6.45, 7) is 3.58. The first-order chi connectivity index (χ1) is 11.3. The van der Waals surface area contributed by atoms with Gasteiger partial charge in [-0.1, -0.05) is 0 Å². The summed E-state index contributed by atoms with van der Waals surface area (Å²) < 4.78 is 13.0. The van der Waals surface area contributed by atoms with E-state index in [-0.39, 0.29) is 11.8 Å². The molecule has 0 spiro atoms. The molecule has 0 saturated heterocycles. The van der Waals surface area contributed by atoms with E-state index in [4.69, 9.17) is 9.15 Å². The first-order valence-corrected chi connectivity index (χ1v) is 8.19. The first kappa shape index (κ1) is 14.5. The highest BCUT2D eigenvalue weighted by Crippen LogP contribution is 2.29. The number of carbonyl (C=O) groups excluding carboxylic acids is 1. The van der Waals surface area contributed by atoms with E-state index in [9.17, 15) is 4.79 Å². The predicted molar refractivity (Wildman–Crippen MR) is 82.7 cm³/mol. The van der Waals surface area contributed by atoms with Crippen LogP contribution in [0, 0.1) is 11.8 Å². The van der Waals surface area contributed by atoms with E-state index in [2.05, 4.69) is 9.55 Å². The number of carbonyl (C=O) groups is 1. The summed E-state index contributed by atoms with van der Waals surface area (Å²) in [5, 5.41) is 0. The molecular weight excluding hydrogens is 294 g/mol. The van der Waals surface area contributed by atoms with E-state index in [0.29, 0.717) is 25.3 Å². The molecule has 0 unspecified atom stereocenters. The van der Waals surface area contributed by atoms with E-state index in [1.165, 1.54) is 25.4 Å². The molecule has 6 heteroatoms. The van der Waals surface area contributed by atoms with Crippen LogP contribution < -0.4 is 0 Å². The quantitative estimate of drug-likeness (QED) is 0.848. The normalized spacial score (nSPS) is 21.0. The third-order valence-electron chi connectivity index (χ3n) is 4.53. The summed E-state index contributed by atoms with van der Waals surface area (Å²) >= 11 is 0. The Kier molecular flexibility index (Phi) is 3.91. The van der Waals surface area contributed by atoms with Crippen LogP contribution in [0.5, 0.6) is 0 Å². The summed E-state index contributed by atoms with van der Waals surface area (Å²) in [5.41, 5.74) is 0.586. The highest BCUT2D eigenvalue weighted by molar-refractivity contribution is 5.93. The average molecular weight is 315 g/mol. The summed E-state index contributed by atoms with van der Waals surface area (Å²) in [6, 6.07) is 1.71. The second-order valence-corrected chi connectivity index (χ2v) is 6.54. The lowest BCUT2D eigenvalue weighted by Gasteiger charge is -2.23. The number of hydrogen-bond acceptors (Lipinski definition) is 4. The minimum atomic E-state index is -0.0117. The Morgan fingerprint density at radius 2 is 2.17 bits per heavy atom. The van der Waals surface area contributed by atoms with Crippen molar-refractivity contribution in [3.05, 3.63) is 42.4 Å². The van der Waals surface area contributed by atoms with Crippen LogP contribution in [0.25, 0.3) is 0 Å². The van der Waals surface area contributed by atoms with Crippen LogP contribution in [0.15, 0.2) is 35.4 Å². The molecule has 0 N–H and O–H groups in total. The van der Waals surface area contributed by atoms with Crippen LogP contribution in [-0.2, 0) is 17.8 Å². The van der Waals surface area contributed by atoms with E-state index in [1.54, 1.807) is 12.3 Å². The number of fused-ring (bicyclic) bond motifs is 1. The fourth-order valence-electron chi connectivity index (χ4n) is 3.06. The van der Waals surface area contributed by atoms with Crippen molar-refractivity contribution >= 4 is 5.91 Å². The zero-order chi connectivity index (χ0) is 15.6. The smallest absolute Gasteiger partial charge is 0.257 e. The second kappa shape index (κ2) is 6.20. The topological polar surface area (TPSA) is 60.5 Å². The van der Waals surface area contributed by atoms with Crippen molar-refractivity contribution < 1.29 is 13.9 Å². The van der Waals surface area contributed by atoms with Crippen LogP contribution in [0.3, 0.4) is 0 Å². The molecule has 0 radical (unpaired) electrons. The molecule has 2 aliphatic rings. The van der Waals surface area contributed by atoms with E-state index >= 15 is 0 Å². The molecular formula is C17H21N3O3. The van der Waals surface area contributed by atoms with E-state index in [1.807, 2.05) is 11.1 Å². The lowest BCUT2D eigenvalue weighted by atomic mass is 10.1. The van der Waals surface area contributed by atoms with Crippen molar-refractivity contribution in [1.82, 2.24) is 14.5 Å². The predicted octanol–water partition coefficient (Wildman–Crippen LogP) is 2.17. The summed E-state index contributed by atoms with van der Waals surface area (Å²) in [5.74, 6) is 1.95. The van der Waals surface area contributed by atoms with Gasteiger partial charge >= 0.3 is 0 Å². The Bertz CT molecular complexity index is 660. The number of rotatable bonds is 5.